The summed E-state index contributed by atoms with van der Waals surface area (Å²) in [4.78, 5) is 11.5. The van der Waals surface area contributed by atoms with Crippen molar-refractivity contribution in [3.05, 3.63) is 20.7 Å². The van der Waals surface area contributed by atoms with E-state index in [0.29, 0.717) is 32.6 Å². The second kappa shape index (κ2) is 7.43. The highest BCUT2D eigenvalue weighted by molar-refractivity contribution is 9.13. The smallest absolute Gasteiger partial charge is 0.271 e. The number of carbonyl (C=O) groups is 1. The van der Waals surface area contributed by atoms with Crippen molar-refractivity contribution < 1.29 is 14.3 Å². The number of amides is 1. The summed E-state index contributed by atoms with van der Waals surface area (Å²) in [5.41, 5.74) is 6.11. The summed E-state index contributed by atoms with van der Waals surface area (Å²) in [7, 11) is 0. The minimum atomic E-state index is -0.709. The third-order valence-corrected chi connectivity index (χ3v) is 4.86. The summed E-state index contributed by atoms with van der Waals surface area (Å²) >= 11 is 6.81. The van der Waals surface area contributed by atoms with Crippen LogP contribution in [0.4, 0.5) is 0 Å². The van der Waals surface area contributed by atoms with Crippen molar-refractivity contribution in [3.63, 3.8) is 0 Å². The molecular formula is C13H11Br2N5O3. The zero-order valence-electron chi connectivity index (χ0n) is 11.9. The second-order valence-electron chi connectivity index (χ2n) is 4.14. The van der Waals surface area contributed by atoms with Gasteiger partial charge in [-0.25, -0.2) is 0 Å². The zero-order chi connectivity index (χ0) is 17.0. The van der Waals surface area contributed by atoms with Crippen molar-refractivity contribution in [1.82, 2.24) is 15.4 Å². The number of nitrogens with zero attached hydrogens (tertiary/aromatic N) is 3. The Kier molecular flexibility index (Phi) is 5.57. The fourth-order valence-corrected chi connectivity index (χ4v) is 2.86. The molecule has 2 rings (SSSR count). The van der Waals surface area contributed by atoms with Gasteiger partial charge in [0.05, 0.1) is 11.1 Å². The summed E-state index contributed by atoms with van der Waals surface area (Å²) in [6, 6.07) is 3.53. The van der Waals surface area contributed by atoms with E-state index >= 15 is 0 Å². The van der Waals surface area contributed by atoms with Crippen LogP contribution in [0.25, 0.3) is 11.3 Å². The third-order valence-electron chi connectivity index (χ3n) is 2.75. The molecule has 0 unspecified atom stereocenters. The number of ether oxygens (including phenoxy) is 2. The number of halogens is 2. The first-order valence-electron chi connectivity index (χ1n) is 6.36. The van der Waals surface area contributed by atoms with Gasteiger partial charge in [0.25, 0.3) is 5.91 Å². The van der Waals surface area contributed by atoms with Gasteiger partial charge in [-0.3, -0.25) is 4.79 Å². The SMILES string of the molecule is CCOc1cc(-c2n[nH]nc2C(N)=O)c(Br)c(Br)c1OCC#N. The first kappa shape index (κ1) is 17.2. The van der Waals surface area contributed by atoms with Gasteiger partial charge in [-0.15, -0.1) is 0 Å². The molecule has 0 saturated carbocycles. The number of hydrogen-bond acceptors (Lipinski definition) is 6. The Morgan fingerprint density at radius 1 is 1.39 bits per heavy atom. The van der Waals surface area contributed by atoms with Gasteiger partial charge in [0.15, 0.2) is 23.8 Å². The van der Waals surface area contributed by atoms with Crippen molar-refractivity contribution in [1.29, 1.82) is 5.26 Å². The molecule has 10 heteroatoms. The normalized spacial score (nSPS) is 10.2. The molecule has 0 atom stereocenters. The van der Waals surface area contributed by atoms with E-state index in [1.807, 2.05) is 13.0 Å². The van der Waals surface area contributed by atoms with Crippen LogP contribution in [0.2, 0.25) is 0 Å². The van der Waals surface area contributed by atoms with Crippen LogP contribution in [-0.4, -0.2) is 34.5 Å². The van der Waals surface area contributed by atoms with E-state index in [1.54, 1.807) is 6.07 Å². The molecule has 1 aromatic heterocycles. The Morgan fingerprint density at radius 3 is 2.74 bits per heavy atom. The highest BCUT2D eigenvalue weighted by Crippen LogP contribution is 2.46. The molecule has 0 aliphatic rings. The monoisotopic (exact) mass is 443 g/mol. The Balaban J connectivity index is 2.64. The van der Waals surface area contributed by atoms with Crippen molar-refractivity contribution in [3.8, 4) is 28.8 Å². The van der Waals surface area contributed by atoms with Gasteiger partial charge in [-0.2, -0.15) is 20.7 Å². The van der Waals surface area contributed by atoms with Gasteiger partial charge in [0.1, 0.15) is 11.8 Å². The van der Waals surface area contributed by atoms with E-state index < -0.39 is 5.91 Å². The summed E-state index contributed by atoms with van der Waals surface area (Å²) in [5.74, 6) is 0.0546. The average molecular weight is 445 g/mol. The highest BCUT2D eigenvalue weighted by Gasteiger charge is 2.23. The molecule has 0 aliphatic carbocycles. The Hall–Kier alpha value is -2.12. The van der Waals surface area contributed by atoms with E-state index in [-0.39, 0.29) is 18.0 Å². The minimum Gasteiger partial charge on any atom is -0.490 e. The topological polar surface area (TPSA) is 127 Å². The Bertz CT molecular complexity index is 785. The number of hydrogen-bond donors (Lipinski definition) is 2. The van der Waals surface area contributed by atoms with Crippen LogP contribution in [0.15, 0.2) is 15.0 Å². The third kappa shape index (κ3) is 3.46. The van der Waals surface area contributed by atoms with Crippen LogP contribution < -0.4 is 15.2 Å². The zero-order valence-corrected chi connectivity index (χ0v) is 15.1. The number of primary amides is 1. The van der Waals surface area contributed by atoms with Crippen LogP contribution in [0.3, 0.4) is 0 Å². The van der Waals surface area contributed by atoms with Gasteiger partial charge in [0.2, 0.25) is 0 Å². The lowest BCUT2D eigenvalue weighted by molar-refractivity contribution is 0.0996. The molecule has 0 radical (unpaired) electrons. The largest absolute Gasteiger partial charge is 0.490 e. The summed E-state index contributed by atoms with van der Waals surface area (Å²) in [6.45, 7) is 2.06. The minimum absolute atomic E-state index is 0.00532. The molecule has 120 valence electrons. The maximum absolute atomic E-state index is 11.5. The van der Waals surface area contributed by atoms with Crippen molar-refractivity contribution in [2.45, 2.75) is 6.92 Å². The molecule has 23 heavy (non-hydrogen) atoms. The van der Waals surface area contributed by atoms with Gasteiger partial charge >= 0.3 is 0 Å². The van der Waals surface area contributed by atoms with E-state index in [0.717, 1.165) is 0 Å². The molecule has 0 saturated heterocycles. The predicted molar refractivity (Wildman–Crippen MR) is 88.0 cm³/mol. The molecule has 1 amide bonds. The highest BCUT2D eigenvalue weighted by atomic mass is 79.9. The number of H-pyrrole nitrogens is 1. The van der Waals surface area contributed by atoms with E-state index in [9.17, 15) is 4.79 Å². The molecule has 0 bridgehead atoms. The van der Waals surface area contributed by atoms with Gasteiger partial charge in [0, 0.05) is 10.0 Å². The maximum atomic E-state index is 11.5. The van der Waals surface area contributed by atoms with Crippen molar-refractivity contribution >= 4 is 37.8 Å². The van der Waals surface area contributed by atoms with Gasteiger partial charge in [-0.05, 0) is 44.8 Å². The van der Waals surface area contributed by atoms with E-state index in [2.05, 4.69) is 47.3 Å². The standard InChI is InChI=1S/C13H11Br2N5O3/c1-2-22-7-5-6(10-11(13(17)21)19-20-18-10)8(14)9(15)12(7)23-4-3-16/h5H,2,4H2,1H3,(H2,17,21)(H,18,19,20). The Morgan fingerprint density at radius 2 is 2.13 bits per heavy atom. The number of nitrogens with one attached hydrogen (secondary N) is 1. The molecule has 2 aromatic rings. The number of nitriles is 1. The lowest BCUT2D eigenvalue weighted by atomic mass is 10.1. The first-order valence-corrected chi connectivity index (χ1v) is 7.95. The van der Waals surface area contributed by atoms with Crippen LogP contribution >= 0.6 is 31.9 Å². The van der Waals surface area contributed by atoms with Crippen molar-refractivity contribution in [2.24, 2.45) is 5.73 Å². The van der Waals surface area contributed by atoms with Gasteiger partial charge in [-0.1, -0.05) is 0 Å². The molecule has 1 aromatic carbocycles. The summed E-state index contributed by atoms with van der Waals surface area (Å²) in [5, 5.41) is 18.8. The van der Waals surface area contributed by atoms with Crippen LogP contribution in [-0.2, 0) is 0 Å². The van der Waals surface area contributed by atoms with Crippen LogP contribution in [0.1, 0.15) is 17.4 Å². The van der Waals surface area contributed by atoms with Gasteiger partial charge < -0.3 is 15.2 Å². The molecule has 1 heterocycles. The fourth-order valence-electron chi connectivity index (χ4n) is 1.85. The number of rotatable bonds is 6. The lowest BCUT2D eigenvalue weighted by Gasteiger charge is -2.15. The number of benzene rings is 1. The quantitative estimate of drug-likeness (QED) is 0.704. The molecular weight excluding hydrogens is 434 g/mol. The second-order valence-corrected chi connectivity index (χ2v) is 5.73. The van der Waals surface area contributed by atoms with E-state index in [1.165, 1.54) is 0 Å². The molecule has 3 N–H and O–H groups in total. The number of nitrogens with two attached hydrogens (primary N) is 1. The predicted octanol–water partition coefficient (Wildman–Crippen LogP) is 2.40. The molecule has 0 spiro atoms. The summed E-state index contributed by atoms with van der Waals surface area (Å²) < 4.78 is 12.0. The molecule has 8 nitrogen and oxygen atoms in total. The lowest BCUT2D eigenvalue weighted by Crippen LogP contribution is -2.13. The molecule has 0 aliphatic heterocycles. The Labute approximate surface area is 148 Å². The first-order chi connectivity index (χ1) is 11.0. The van der Waals surface area contributed by atoms with Crippen LogP contribution in [0, 0.1) is 11.3 Å². The average Bonchev–Trinajstić information content (AvgIpc) is 3.00. The maximum Gasteiger partial charge on any atom is 0.271 e. The summed E-state index contributed by atoms with van der Waals surface area (Å²) in [6.07, 6.45) is 0. The number of aromatic amines is 1. The fraction of sp³-hybridized carbons (Fsp3) is 0.231. The number of aromatic nitrogens is 3. The molecule has 0 fully saturated rings. The number of carbonyl (C=O) groups excluding carboxylic acids is 1. The van der Waals surface area contributed by atoms with Crippen LogP contribution in [0.5, 0.6) is 11.5 Å². The van der Waals surface area contributed by atoms with Crippen molar-refractivity contribution in [2.75, 3.05) is 13.2 Å². The van der Waals surface area contributed by atoms with E-state index in [4.69, 9.17) is 20.5 Å².